The molecule has 0 heterocycles. The predicted molar refractivity (Wildman–Crippen MR) is 93.5 cm³/mol. The second-order valence-electron chi connectivity index (χ2n) is 6.18. The van der Waals surface area contributed by atoms with Crippen LogP contribution in [-0.4, -0.2) is 38.9 Å². The maximum absolute atomic E-state index is 12.4. The second kappa shape index (κ2) is 11.5. The second-order valence-corrected chi connectivity index (χ2v) is 10.2. The minimum absolute atomic E-state index is 0. The van der Waals surface area contributed by atoms with Gasteiger partial charge in [-0.3, -0.25) is 0 Å². The van der Waals surface area contributed by atoms with Gasteiger partial charge in [-0.15, -0.1) is 0 Å². The number of benzene rings is 4. The van der Waals surface area contributed by atoms with Crippen LogP contribution in [0.1, 0.15) is 0 Å². The molecule has 4 rings (SSSR count). The molecule has 0 bridgehead atoms. The first-order valence-corrected chi connectivity index (χ1v) is 11.8. The van der Waals surface area contributed by atoms with Crippen molar-refractivity contribution in [1.82, 2.24) is 0 Å². The van der Waals surface area contributed by atoms with Crippen LogP contribution in [-0.2, 0) is 30.4 Å². The third-order valence-electron chi connectivity index (χ3n) is 4.55. The molecule has 0 radical (unpaired) electrons. The molecule has 10 nitrogen and oxygen atoms in total. The van der Waals surface area contributed by atoms with Gasteiger partial charge >= 0.3 is 118 Å². The summed E-state index contributed by atoms with van der Waals surface area (Å²) in [4.78, 5) is -2.96. The molecular weight excluding hydrogens is 540 g/mol. The summed E-state index contributed by atoms with van der Waals surface area (Å²) < 4.78 is 105. The van der Waals surface area contributed by atoms with Crippen molar-refractivity contribution in [1.29, 1.82) is 0 Å². The van der Waals surface area contributed by atoms with Crippen molar-refractivity contribution in [2.75, 3.05) is 0 Å². The van der Waals surface area contributed by atoms with Crippen molar-refractivity contribution in [3.05, 3.63) is 36.4 Å². The summed E-state index contributed by atoms with van der Waals surface area (Å²) in [6, 6.07) is 5.26. The number of rotatable bonds is 3. The van der Waals surface area contributed by atoms with E-state index in [1.54, 1.807) is 0 Å². The Kier molecular flexibility index (Phi) is 12.0. The van der Waals surface area contributed by atoms with Crippen molar-refractivity contribution >= 4 is 62.7 Å². The van der Waals surface area contributed by atoms with Gasteiger partial charge in [-0.2, -0.15) is 0 Å². The Morgan fingerprint density at radius 1 is 0.485 bits per heavy atom. The molecule has 0 amide bonds. The molecule has 152 valence electrons. The molecular formula is C16H6Na4O10S3. The average Bonchev–Trinajstić information content (AvgIpc) is 2.57. The fraction of sp³-hybridized carbons (Fsp3) is 0. The predicted octanol–water partition coefficient (Wildman–Crippen LogP) is -11.6. The Balaban J connectivity index is 0.00000256. The van der Waals surface area contributed by atoms with Crippen LogP contribution >= 0.6 is 0 Å². The Morgan fingerprint density at radius 2 is 0.758 bits per heavy atom. The molecule has 0 unspecified atom stereocenters. The van der Waals surface area contributed by atoms with E-state index in [1.807, 2.05) is 0 Å². The standard InChI is InChI=1S/C16H10O10S3.4Na/c17-11-5-12(27(18,19)20)8-3-4-10-14(29(24,25)26)6-13(28(21,22)23)9-2-1-7(11)15(8)16(9)10;;;;/h1-6,17H,(H,18,19,20)(H,21,22,23)(H,24,25,26);;;;/q;4*+1/p-4. The average molecular weight is 546 g/mol. The van der Waals surface area contributed by atoms with Crippen LogP contribution in [0.5, 0.6) is 5.75 Å². The van der Waals surface area contributed by atoms with Crippen LogP contribution < -0.4 is 123 Å². The van der Waals surface area contributed by atoms with Crippen LogP contribution in [0.3, 0.4) is 0 Å². The maximum Gasteiger partial charge on any atom is 1.00 e. The molecule has 0 aliphatic carbocycles. The van der Waals surface area contributed by atoms with E-state index < -0.39 is 50.8 Å². The van der Waals surface area contributed by atoms with E-state index in [-0.39, 0.29) is 151 Å². The SMILES string of the molecule is O=S(=O)([O-])c1cc([O-])c2ccc3c(S(=O)(=O)[O-])cc(S(=O)(=O)[O-])c4ccc1c2c34.[Na+].[Na+].[Na+].[Na+]. The minimum Gasteiger partial charge on any atom is -0.872 e. The van der Waals surface area contributed by atoms with Crippen LogP contribution in [0, 0.1) is 0 Å². The van der Waals surface area contributed by atoms with Crippen molar-refractivity contribution in [2.45, 2.75) is 14.7 Å². The van der Waals surface area contributed by atoms with Crippen LogP contribution in [0.25, 0.3) is 32.3 Å². The molecule has 0 aliphatic heterocycles. The largest absolute Gasteiger partial charge is 1.00 e. The van der Waals surface area contributed by atoms with E-state index in [0.29, 0.717) is 12.1 Å². The molecule has 0 saturated heterocycles. The summed E-state index contributed by atoms with van der Waals surface area (Å²) in [7, 11) is -15.7. The zero-order valence-electron chi connectivity index (χ0n) is 17.8. The van der Waals surface area contributed by atoms with Crippen molar-refractivity contribution in [2.24, 2.45) is 0 Å². The first-order valence-electron chi connectivity index (χ1n) is 7.54. The van der Waals surface area contributed by atoms with Gasteiger partial charge in [0.25, 0.3) is 0 Å². The summed E-state index contributed by atoms with van der Waals surface area (Å²) in [6.07, 6.45) is 0. The Hall–Kier alpha value is 1.45. The third kappa shape index (κ3) is 6.13. The molecule has 4 aromatic carbocycles. The van der Waals surface area contributed by atoms with Gasteiger partial charge in [-0.1, -0.05) is 36.1 Å². The van der Waals surface area contributed by atoms with Gasteiger partial charge in [0.15, 0.2) is 0 Å². The zero-order valence-corrected chi connectivity index (χ0v) is 28.2. The topological polar surface area (TPSA) is 195 Å². The van der Waals surface area contributed by atoms with Gasteiger partial charge in [0.1, 0.15) is 30.4 Å². The van der Waals surface area contributed by atoms with Crippen LogP contribution in [0.2, 0.25) is 0 Å². The Labute approximate surface area is 277 Å². The first-order chi connectivity index (χ1) is 13.2. The van der Waals surface area contributed by atoms with Crippen LogP contribution in [0.15, 0.2) is 51.1 Å². The molecule has 0 fully saturated rings. The Bertz CT molecular complexity index is 1630. The quantitative estimate of drug-likeness (QED) is 0.135. The molecule has 33 heavy (non-hydrogen) atoms. The summed E-state index contributed by atoms with van der Waals surface area (Å²) in [5, 5.41) is 10.8. The van der Waals surface area contributed by atoms with E-state index in [4.69, 9.17) is 0 Å². The molecule has 0 spiro atoms. The summed E-state index contributed by atoms with van der Waals surface area (Å²) >= 11 is 0. The van der Waals surface area contributed by atoms with Crippen molar-refractivity contribution < 1.29 is 162 Å². The van der Waals surface area contributed by atoms with Gasteiger partial charge in [0.2, 0.25) is 0 Å². The van der Waals surface area contributed by atoms with Gasteiger partial charge in [-0.05, 0) is 22.2 Å². The molecule has 17 heteroatoms. The minimum atomic E-state index is -5.27. The normalized spacial score (nSPS) is 12.0. The van der Waals surface area contributed by atoms with Gasteiger partial charge in [0.05, 0.1) is 14.7 Å². The summed E-state index contributed by atoms with van der Waals surface area (Å²) in [6.45, 7) is 0. The van der Waals surface area contributed by atoms with E-state index in [2.05, 4.69) is 0 Å². The maximum atomic E-state index is 12.4. The van der Waals surface area contributed by atoms with Gasteiger partial charge in [-0.25, -0.2) is 25.3 Å². The van der Waals surface area contributed by atoms with E-state index in [9.17, 15) is 44.0 Å². The summed E-state index contributed by atoms with van der Waals surface area (Å²) in [5.41, 5.74) is 0. The zero-order chi connectivity index (χ0) is 21.5. The van der Waals surface area contributed by atoms with Crippen molar-refractivity contribution in [3.8, 4) is 5.75 Å². The fourth-order valence-corrected chi connectivity index (χ4v) is 5.66. The fourth-order valence-electron chi connectivity index (χ4n) is 3.49. The first kappa shape index (κ1) is 34.5. The Morgan fingerprint density at radius 3 is 1.09 bits per heavy atom. The smallest absolute Gasteiger partial charge is 0.872 e. The van der Waals surface area contributed by atoms with E-state index >= 15 is 0 Å². The molecule has 4 aromatic rings. The van der Waals surface area contributed by atoms with E-state index in [0.717, 1.165) is 24.3 Å². The number of hydrogen-bond donors (Lipinski definition) is 0. The monoisotopic (exact) mass is 546 g/mol. The molecule has 0 aliphatic rings. The molecule has 0 atom stereocenters. The van der Waals surface area contributed by atoms with Gasteiger partial charge in [0, 0.05) is 16.2 Å². The molecule has 0 aromatic heterocycles. The molecule has 0 N–H and O–H groups in total. The van der Waals surface area contributed by atoms with Crippen LogP contribution in [0.4, 0.5) is 0 Å². The number of hydrogen-bond acceptors (Lipinski definition) is 10. The van der Waals surface area contributed by atoms with Crippen molar-refractivity contribution in [3.63, 3.8) is 0 Å². The summed E-state index contributed by atoms with van der Waals surface area (Å²) in [5.74, 6) is -0.900. The van der Waals surface area contributed by atoms with Gasteiger partial charge < -0.3 is 18.8 Å². The molecule has 0 saturated carbocycles. The van der Waals surface area contributed by atoms with E-state index in [1.165, 1.54) is 0 Å². The third-order valence-corrected chi connectivity index (χ3v) is 7.18.